The molecule has 0 aliphatic rings. The van der Waals surface area contributed by atoms with Gasteiger partial charge in [-0.1, -0.05) is 13.8 Å². The Morgan fingerprint density at radius 3 is 2.48 bits per heavy atom. The second-order valence-electron chi connectivity index (χ2n) is 5.34. The van der Waals surface area contributed by atoms with Crippen molar-refractivity contribution < 1.29 is 9.47 Å². The van der Waals surface area contributed by atoms with Gasteiger partial charge in [-0.3, -0.25) is 0 Å². The van der Waals surface area contributed by atoms with Crippen LogP contribution in [0.25, 0.3) is 11.3 Å². The summed E-state index contributed by atoms with van der Waals surface area (Å²) in [6.07, 6.45) is 1.83. The highest BCUT2D eigenvalue weighted by Gasteiger charge is 2.18. The summed E-state index contributed by atoms with van der Waals surface area (Å²) < 4.78 is 10.6. The first-order chi connectivity index (χ1) is 10.1. The summed E-state index contributed by atoms with van der Waals surface area (Å²) in [6, 6.07) is 5.80. The lowest BCUT2D eigenvalue weighted by Crippen LogP contribution is -2.19. The molecule has 1 unspecified atom stereocenters. The number of aromatic amines is 1. The summed E-state index contributed by atoms with van der Waals surface area (Å²) in [5, 5.41) is 0. The van der Waals surface area contributed by atoms with Crippen molar-refractivity contribution >= 4 is 0 Å². The first kappa shape index (κ1) is 15.4. The normalized spacial score (nSPS) is 12.5. The van der Waals surface area contributed by atoms with Crippen LogP contribution in [-0.4, -0.2) is 30.7 Å². The molecule has 114 valence electrons. The van der Waals surface area contributed by atoms with Gasteiger partial charge in [-0.25, -0.2) is 4.98 Å². The molecule has 2 aromatic rings. The molecule has 0 amide bonds. The molecule has 1 atom stereocenters. The van der Waals surface area contributed by atoms with Gasteiger partial charge in [-0.05, 0) is 24.1 Å². The molecule has 3 N–H and O–H groups in total. The number of hydrogen-bond acceptors (Lipinski definition) is 4. The molecule has 0 aliphatic carbocycles. The maximum atomic E-state index is 5.84. The SMILES string of the molecule is COc1ccc(-c2cnc(C(CN)C(C)C)[nH]2)cc1OC. The zero-order valence-corrected chi connectivity index (χ0v) is 13.0. The highest BCUT2D eigenvalue weighted by Crippen LogP contribution is 2.32. The van der Waals surface area contributed by atoms with Crippen molar-refractivity contribution in [1.29, 1.82) is 0 Å². The van der Waals surface area contributed by atoms with Gasteiger partial charge < -0.3 is 20.2 Å². The lowest BCUT2D eigenvalue weighted by molar-refractivity contribution is 0.355. The van der Waals surface area contributed by atoms with Crippen molar-refractivity contribution in [3.63, 3.8) is 0 Å². The summed E-state index contributed by atoms with van der Waals surface area (Å²) in [6.45, 7) is 4.88. The van der Waals surface area contributed by atoms with Gasteiger partial charge in [0.05, 0.1) is 26.1 Å². The predicted molar refractivity (Wildman–Crippen MR) is 83.8 cm³/mol. The topological polar surface area (TPSA) is 73.2 Å². The molecule has 2 rings (SSSR count). The Bertz CT molecular complexity index is 593. The summed E-state index contributed by atoms with van der Waals surface area (Å²) in [5.41, 5.74) is 7.80. The largest absolute Gasteiger partial charge is 0.493 e. The van der Waals surface area contributed by atoms with Gasteiger partial charge in [-0.15, -0.1) is 0 Å². The van der Waals surface area contributed by atoms with Crippen LogP contribution in [0.3, 0.4) is 0 Å². The standard InChI is InChI=1S/C16H23N3O2/c1-10(2)12(8-17)16-18-9-13(19-16)11-5-6-14(20-3)15(7-11)21-4/h5-7,9-10,12H,8,17H2,1-4H3,(H,18,19). The molecule has 1 heterocycles. The quantitative estimate of drug-likeness (QED) is 0.857. The number of rotatable bonds is 6. The lowest BCUT2D eigenvalue weighted by Gasteiger charge is -2.15. The first-order valence-electron chi connectivity index (χ1n) is 7.08. The number of ether oxygens (including phenoxy) is 2. The number of nitrogens with one attached hydrogen (secondary N) is 1. The Balaban J connectivity index is 2.33. The van der Waals surface area contributed by atoms with E-state index in [-0.39, 0.29) is 5.92 Å². The number of benzene rings is 1. The smallest absolute Gasteiger partial charge is 0.161 e. The van der Waals surface area contributed by atoms with Crippen molar-refractivity contribution in [2.24, 2.45) is 11.7 Å². The van der Waals surface area contributed by atoms with Gasteiger partial charge in [0.1, 0.15) is 5.82 Å². The molecule has 5 heteroatoms. The molecule has 0 saturated carbocycles. The van der Waals surface area contributed by atoms with Gasteiger partial charge in [0.2, 0.25) is 0 Å². The van der Waals surface area contributed by atoms with Gasteiger partial charge in [-0.2, -0.15) is 0 Å². The molecule has 5 nitrogen and oxygen atoms in total. The number of nitrogens with two attached hydrogens (primary N) is 1. The molecule has 0 radical (unpaired) electrons. The van der Waals surface area contributed by atoms with Crippen molar-refractivity contribution in [3.8, 4) is 22.8 Å². The second kappa shape index (κ2) is 6.63. The first-order valence-corrected chi connectivity index (χ1v) is 7.08. The minimum absolute atomic E-state index is 0.235. The number of imidazole rings is 1. The van der Waals surface area contributed by atoms with E-state index in [2.05, 4.69) is 23.8 Å². The summed E-state index contributed by atoms with van der Waals surface area (Å²) in [5.74, 6) is 3.02. The summed E-state index contributed by atoms with van der Waals surface area (Å²) in [4.78, 5) is 7.84. The van der Waals surface area contributed by atoms with E-state index in [1.807, 2.05) is 24.4 Å². The zero-order valence-electron chi connectivity index (χ0n) is 13.0. The number of nitrogens with zero attached hydrogens (tertiary/aromatic N) is 1. The summed E-state index contributed by atoms with van der Waals surface area (Å²) >= 11 is 0. The summed E-state index contributed by atoms with van der Waals surface area (Å²) in [7, 11) is 3.25. The minimum Gasteiger partial charge on any atom is -0.493 e. The molecule has 0 aliphatic heterocycles. The van der Waals surface area contributed by atoms with Crippen LogP contribution in [0.5, 0.6) is 11.5 Å². The van der Waals surface area contributed by atoms with Crippen LogP contribution in [0.1, 0.15) is 25.6 Å². The average Bonchev–Trinajstić information content (AvgIpc) is 2.96. The minimum atomic E-state index is 0.235. The second-order valence-corrected chi connectivity index (χ2v) is 5.34. The lowest BCUT2D eigenvalue weighted by atomic mass is 9.95. The van der Waals surface area contributed by atoms with Crippen LogP contribution in [-0.2, 0) is 0 Å². The maximum absolute atomic E-state index is 5.84. The monoisotopic (exact) mass is 289 g/mol. The van der Waals surface area contributed by atoms with Crippen molar-refractivity contribution in [2.45, 2.75) is 19.8 Å². The Hall–Kier alpha value is -2.01. The Kier molecular flexibility index (Phi) is 4.85. The molecule has 0 spiro atoms. The number of aromatic nitrogens is 2. The molecular formula is C16H23N3O2. The fourth-order valence-electron chi connectivity index (χ4n) is 2.38. The predicted octanol–water partition coefficient (Wildman–Crippen LogP) is 2.79. The van der Waals surface area contributed by atoms with E-state index >= 15 is 0 Å². The third-order valence-corrected chi connectivity index (χ3v) is 3.70. The van der Waals surface area contributed by atoms with Gasteiger partial charge in [0, 0.05) is 18.0 Å². The number of hydrogen-bond donors (Lipinski definition) is 2. The molecule has 0 fully saturated rings. The van der Waals surface area contributed by atoms with E-state index in [1.165, 1.54) is 0 Å². The van der Waals surface area contributed by atoms with E-state index in [1.54, 1.807) is 14.2 Å². The Labute approximate surface area is 125 Å². The fraction of sp³-hybridized carbons (Fsp3) is 0.438. The van der Waals surface area contributed by atoms with Crippen molar-refractivity contribution in [3.05, 3.63) is 30.2 Å². The molecule has 0 bridgehead atoms. The molecule has 1 aromatic carbocycles. The molecule has 0 saturated heterocycles. The van der Waals surface area contributed by atoms with Crippen molar-refractivity contribution in [2.75, 3.05) is 20.8 Å². The van der Waals surface area contributed by atoms with E-state index in [0.717, 1.165) is 17.1 Å². The van der Waals surface area contributed by atoms with Crippen LogP contribution in [0.15, 0.2) is 24.4 Å². The maximum Gasteiger partial charge on any atom is 0.161 e. The zero-order chi connectivity index (χ0) is 15.4. The molecular weight excluding hydrogens is 266 g/mol. The van der Waals surface area contributed by atoms with E-state index in [0.29, 0.717) is 24.0 Å². The highest BCUT2D eigenvalue weighted by molar-refractivity contribution is 5.63. The fourth-order valence-corrected chi connectivity index (χ4v) is 2.38. The Morgan fingerprint density at radius 1 is 1.19 bits per heavy atom. The van der Waals surface area contributed by atoms with Gasteiger partial charge in [0.15, 0.2) is 11.5 Å². The average molecular weight is 289 g/mol. The van der Waals surface area contributed by atoms with Crippen LogP contribution < -0.4 is 15.2 Å². The van der Waals surface area contributed by atoms with E-state index < -0.39 is 0 Å². The van der Waals surface area contributed by atoms with Gasteiger partial charge >= 0.3 is 0 Å². The number of methoxy groups -OCH3 is 2. The molecule has 1 aromatic heterocycles. The molecule has 21 heavy (non-hydrogen) atoms. The number of H-pyrrole nitrogens is 1. The highest BCUT2D eigenvalue weighted by atomic mass is 16.5. The van der Waals surface area contributed by atoms with Crippen molar-refractivity contribution in [1.82, 2.24) is 9.97 Å². The Morgan fingerprint density at radius 2 is 1.90 bits per heavy atom. The van der Waals surface area contributed by atoms with Gasteiger partial charge in [0.25, 0.3) is 0 Å². The third kappa shape index (κ3) is 3.19. The van der Waals surface area contributed by atoms with Crippen LogP contribution in [0, 0.1) is 5.92 Å². The van der Waals surface area contributed by atoms with Crippen LogP contribution >= 0.6 is 0 Å². The van der Waals surface area contributed by atoms with E-state index in [4.69, 9.17) is 15.2 Å². The van der Waals surface area contributed by atoms with Crippen LogP contribution in [0.4, 0.5) is 0 Å². The van der Waals surface area contributed by atoms with Crippen LogP contribution in [0.2, 0.25) is 0 Å². The van der Waals surface area contributed by atoms with E-state index in [9.17, 15) is 0 Å². The third-order valence-electron chi connectivity index (χ3n) is 3.70.